The number of fused-ring (bicyclic) bond motifs is 1. The second-order valence-electron chi connectivity index (χ2n) is 8.66. The van der Waals surface area contributed by atoms with Crippen LogP contribution in [0.15, 0.2) is 42.6 Å². The maximum Gasteiger partial charge on any atom is 0.405 e. The standard InChI is InChI=1S/C23H23F3N6O2/c24-23(25,26)12-28-22(34)32-10-16(11-32)29-15-5-3-13(4-6-15)18-9-19(31-21(33)14-1-2-14)30-20-17(18)7-8-27-20/h3-9,14,16,29H,1-2,10-12H2,(H,28,34)(H2,27,30,31,33). The van der Waals surface area contributed by atoms with Crippen molar-refractivity contribution in [3.05, 3.63) is 42.6 Å². The summed E-state index contributed by atoms with van der Waals surface area (Å²) in [5.41, 5.74) is 3.40. The number of aromatic amines is 1. The van der Waals surface area contributed by atoms with Crippen molar-refractivity contribution in [1.82, 2.24) is 20.2 Å². The van der Waals surface area contributed by atoms with Crippen LogP contribution < -0.4 is 16.0 Å². The third kappa shape index (κ3) is 4.92. The number of amides is 3. The number of pyridine rings is 1. The molecule has 5 rings (SSSR count). The Balaban J connectivity index is 1.22. The number of alkyl halides is 3. The monoisotopic (exact) mass is 472 g/mol. The number of benzene rings is 1. The van der Waals surface area contributed by atoms with E-state index >= 15 is 0 Å². The lowest BCUT2D eigenvalue weighted by Crippen LogP contribution is -2.60. The highest BCUT2D eigenvalue weighted by molar-refractivity contribution is 5.99. The number of aromatic nitrogens is 2. The number of anilines is 2. The first kappa shape index (κ1) is 22.1. The number of hydrogen-bond acceptors (Lipinski definition) is 4. The minimum absolute atomic E-state index is 0.00876. The van der Waals surface area contributed by atoms with Crippen LogP contribution in [0.4, 0.5) is 29.5 Å². The SMILES string of the molecule is O=C(Nc1cc(-c2ccc(NC3CN(C(=O)NCC(F)(F)F)C3)cc2)c2cc[nH]c2n1)C1CC1. The van der Waals surface area contributed by atoms with Gasteiger partial charge in [0, 0.05) is 36.3 Å². The highest BCUT2D eigenvalue weighted by Crippen LogP contribution is 2.33. The fourth-order valence-corrected chi connectivity index (χ4v) is 3.92. The molecule has 3 amide bonds. The van der Waals surface area contributed by atoms with Crippen molar-refractivity contribution in [3.63, 3.8) is 0 Å². The molecule has 1 aromatic carbocycles. The molecule has 0 unspecified atom stereocenters. The molecule has 2 aliphatic rings. The van der Waals surface area contributed by atoms with E-state index in [1.807, 2.05) is 41.7 Å². The first-order chi connectivity index (χ1) is 16.2. The van der Waals surface area contributed by atoms with E-state index in [2.05, 4.69) is 20.6 Å². The second kappa shape index (κ2) is 8.54. The molecule has 0 spiro atoms. The van der Waals surface area contributed by atoms with Crippen molar-refractivity contribution in [2.45, 2.75) is 25.1 Å². The molecule has 3 heterocycles. The number of halogens is 3. The molecular weight excluding hydrogens is 449 g/mol. The summed E-state index contributed by atoms with van der Waals surface area (Å²) in [4.78, 5) is 32.8. The Morgan fingerprint density at radius 3 is 2.53 bits per heavy atom. The molecule has 178 valence electrons. The first-order valence-electron chi connectivity index (χ1n) is 11.0. The number of urea groups is 1. The van der Waals surface area contributed by atoms with E-state index in [0.29, 0.717) is 24.6 Å². The summed E-state index contributed by atoms with van der Waals surface area (Å²) >= 11 is 0. The zero-order valence-electron chi connectivity index (χ0n) is 18.1. The molecule has 8 nitrogen and oxygen atoms in total. The quantitative estimate of drug-likeness (QED) is 0.436. The van der Waals surface area contributed by atoms with E-state index < -0.39 is 18.8 Å². The number of nitrogens with zero attached hydrogens (tertiary/aromatic N) is 2. The van der Waals surface area contributed by atoms with Crippen LogP contribution in [0.2, 0.25) is 0 Å². The summed E-state index contributed by atoms with van der Waals surface area (Å²) in [6, 6.07) is 10.7. The summed E-state index contributed by atoms with van der Waals surface area (Å²) in [5.74, 6) is 0.570. The lowest BCUT2D eigenvalue weighted by Gasteiger charge is -2.40. The molecular formula is C23H23F3N6O2. The molecule has 2 aromatic heterocycles. The van der Waals surface area contributed by atoms with Crippen LogP contribution in [0.1, 0.15) is 12.8 Å². The van der Waals surface area contributed by atoms with Gasteiger partial charge in [-0.3, -0.25) is 4.79 Å². The number of carbonyl (C=O) groups is 2. The van der Waals surface area contributed by atoms with Crippen LogP contribution in [0.25, 0.3) is 22.2 Å². The van der Waals surface area contributed by atoms with E-state index in [0.717, 1.165) is 35.0 Å². The molecule has 3 aromatic rings. The average molecular weight is 472 g/mol. The molecule has 1 saturated heterocycles. The van der Waals surface area contributed by atoms with Gasteiger partial charge in [0.2, 0.25) is 5.91 Å². The highest BCUT2D eigenvalue weighted by atomic mass is 19.4. The number of nitrogens with one attached hydrogen (secondary N) is 4. The third-order valence-corrected chi connectivity index (χ3v) is 5.90. The molecule has 1 saturated carbocycles. The van der Waals surface area contributed by atoms with Gasteiger partial charge in [-0.15, -0.1) is 0 Å². The van der Waals surface area contributed by atoms with Crippen molar-refractivity contribution in [2.24, 2.45) is 5.92 Å². The van der Waals surface area contributed by atoms with E-state index in [-0.39, 0.29) is 17.9 Å². The molecule has 1 aliphatic heterocycles. The third-order valence-electron chi connectivity index (χ3n) is 5.90. The molecule has 4 N–H and O–H groups in total. The van der Waals surface area contributed by atoms with Gasteiger partial charge in [-0.25, -0.2) is 9.78 Å². The highest BCUT2D eigenvalue weighted by Gasteiger charge is 2.34. The lowest BCUT2D eigenvalue weighted by atomic mass is 10.0. The predicted octanol–water partition coefficient (Wildman–Crippen LogP) is 3.95. The Morgan fingerprint density at radius 2 is 1.85 bits per heavy atom. The molecule has 2 fully saturated rings. The van der Waals surface area contributed by atoms with Gasteiger partial charge < -0.3 is 25.8 Å². The van der Waals surface area contributed by atoms with Crippen LogP contribution in [0.3, 0.4) is 0 Å². The molecule has 1 aliphatic carbocycles. The fourth-order valence-electron chi connectivity index (χ4n) is 3.92. The molecule has 0 radical (unpaired) electrons. The Kier molecular flexibility index (Phi) is 5.54. The Hall–Kier alpha value is -3.76. The summed E-state index contributed by atoms with van der Waals surface area (Å²) in [7, 11) is 0. The van der Waals surface area contributed by atoms with Crippen LogP contribution in [0, 0.1) is 5.92 Å². The summed E-state index contributed by atoms with van der Waals surface area (Å²) in [5, 5.41) is 8.99. The Labute approximate surface area is 192 Å². The van der Waals surface area contributed by atoms with Crippen LogP contribution in [-0.2, 0) is 4.79 Å². The summed E-state index contributed by atoms with van der Waals surface area (Å²) in [6.07, 6.45) is -0.801. The van der Waals surface area contributed by atoms with Gasteiger partial charge in [0.05, 0.1) is 6.04 Å². The largest absolute Gasteiger partial charge is 0.405 e. The maximum absolute atomic E-state index is 12.2. The van der Waals surface area contributed by atoms with Gasteiger partial charge in [-0.1, -0.05) is 12.1 Å². The van der Waals surface area contributed by atoms with Gasteiger partial charge in [-0.05, 0) is 48.2 Å². The van der Waals surface area contributed by atoms with Crippen molar-refractivity contribution >= 4 is 34.5 Å². The van der Waals surface area contributed by atoms with Crippen LogP contribution in [0.5, 0.6) is 0 Å². The zero-order valence-corrected chi connectivity index (χ0v) is 18.1. The van der Waals surface area contributed by atoms with Gasteiger partial charge in [0.25, 0.3) is 0 Å². The summed E-state index contributed by atoms with van der Waals surface area (Å²) in [6.45, 7) is -0.690. The van der Waals surface area contributed by atoms with Crippen molar-refractivity contribution in [1.29, 1.82) is 0 Å². The van der Waals surface area contributed by atoms with E-state index in [1.54, 1.807) is 6.20 Å². The van der Waals surface area contributed by atoms with Crippen molar-refractivity contribution in [3.8, 4) is 11.1 Å². The van der Waals surface area contributed by atoms with Crippen LogP contribution >= 0.6 is 0 Å². The minimum atomic E-state index is -4.43. The number of likely N-dealkylation sites (tertiary alicyclic amines) is 1. The number of H-pyrrole nitrogens is 1. The first-order valence-corrected chi connectivity index (χ1v) is 11.0. The summed E-state index contributed by atoms with van der Waals surface area (Å²) < 4.78 is 36.7. The second-order valence-corrected chi connectivity index (χ2v) is 8.66. The fraction of sp³-hybridized carbons (Fsp3) is 0.348. The van der Waals surface area contributed by atoms with E-state index in [9.17, 15) is 22.8 Å². The van der Waals surface area contributed by atoms with Crippen molar-refractivity contribution < 1.29 is 22.8 Å². The minimum Gasteiger partial charge on any atom is -0.379 e. The maximum atomic E-state index is 12.2. The van der Waals surface area contributed by atoms with Gasteiger partial charge in [0.15, 0.2) is 0 Å². The van der Waals surface area contributed by atoms with E-state index in [4.69, 9.17) is 0 Å². The molecule has 11 heteroatoms. The zero-order chi connectivity index (χ0) is 23.9. The van der Waals surface area contributed by atoms with Crippen LogP contribution in [-0.4, -0.2) is 58.7 Å². The predicted molar refractivity (Wildman–Crippen MR) is 121 cm³/mol. The lowest BCUT2D eigenvalue weighted by molar-refractivity contribution is -0.123. The topological polar surface area (TPSA) is 102 Å². The van der Waals surface area contributed by atoms with Gasteiger partial charge in [-0.2, -0.15) is 13.2 Å². The molecule has 34 heavy (non-hydrogen) atoms. The normalized spacial score (nSPS) is 16.3. The van der Waals surface area contributed by atoms with Gasteiger partial charge in [0.1, 0.15) is 18.0 Å². The smallest absolute Gasteiger partial charge is 0.379 e. The number of hydrogen-bond donors (Lipinski definition) is 4. The molecule has 0 bridgehead atoms. The Morgan fingerprint density at radius 1 is 1.12 bits per heavy atom. The van der Waals surface area contributed by atoms with Gasteiger partial charge >= 0.3 is 12.2 Å². The number of carbonyl (C=O) groups excluding carboxylic acids is 2. The van der Waals surface area contributed by atoms with Crippen molar-refractivity contribution in [2.75, 3.05) is 30.3 Å². The Bertz CT molecular complexity index is 1210. The molecule has 0 atom stereocenters. The number of rotatable bonds is 6. The van der Waals surface area contributed by atoms with E-state index in [1.165, 1.54) is 4.90 Å². The average Bonchev–Trinajstić information content (AvgIpc) is 3.52.